The maximum atomic E-state index is 14.6. The van der Waals surface area contributed by atoms with Gasteiger partial charge < -0.3 is 19.5 Å². The van der Waals surface area contributed by atoms with Gasteiger partial charge in [-0.15, -0.1) is 0 Å². The summed E-state index contributed by atoms with van der Waals surface area (Å²) in [6, 6.07) is 17.9. The van der Waals surface area contributed by atoms with E-state index in [2.05, 4.69) is 10.3 Å². The maximum Gasteiger partial charge on any atom is 0.351 e. The number of hydrogen-bond donors (Lipinski definition) is 1. The second kappa shape index (κ2) is 9.39. The van der Waals surface area contributed by atoms with Crippen molar-refractivity contribution in [1.29, 1.82) is 0 Å². The summed E-state index contributed by atoms with van der Waals surface area (Å²) in [4.78, 5) is 28.4. The second-order valence-corrected chi connectivity index (χ2v) is 7.44. The Morgan fingerprint density at radius 1 is 1.22 bits per heavy atom. The molecule has 1 amide bonds. The fraction of sp³-hybridized carbons (Fsp3) is 0.261. The first-order valence-corrected chi connectivity index (χ1v) is 10.0. The fourth-order valence-electron chi connectivity index (χ4n) is 3.25. The zero-order chi connectivity index (χ0) is 22.6. The van der Waals surface area contributed by atoms with Crippen molar-refractivity contribution in [2.75, 3.05) is 18.5 Å². The molecule has 166 valence electrons. The smallest absolute Gasteiger partial charge is 0.351 e. The first kappa shape index (κ1) is 21.8. The predicted molar refractivity (Wildman–Crippen MR) is 113 cm³/mol. The Morgan fingerprint density at radius 2 is 1.91 bits per heavy atom. The Bertz CT molecular complexity index is 1140. The molecular formula is C23H22FN3O5. The van der Waals surface area contributed by atoms with Gasteiger partial charge in [0.05, 0.1) is 19.4 Å². The summed E-state index contributed by atoms with van der Waals surface area (Å²) in [7, 11) is 0. The van der Waals surface area contributed by atoms with Crippen LogP contribution in [0.25, 0.3) is 0 Å². The van der Waals surface area contributed by atoms with E-state index in [4.69, 9.17) is 14.2 Å². The molecule has 2 heterocycles. The third-order valence-corrected chi connectivity index (χ3v) is 4.88. The third-order valence-electron chi connectivity index (χ3n) is 4.88. The first-order valence-electron chi connectivity index (χ1n) is 10.0. The summed E-state index contributed by atoms with van der Waals surface area (Å²) < 4.78 is 32.7. The first-order chi connectivity index (χ1) is 15.4. The lowest BCUT2D eigenvalue weighted by Crippen LogP contribution is -2.34. The van der Waals surface area contributed by atoms with Gasteiger partial charge in [-0.3, -0.25) is 9.36 Å². The molecule has 0 aliphatic carbocycles. The zero-order valence-corrected chi connectivity index (χ0v) is 17.4. The number of carbonyl (C=O) groups excluding carboxylic acids is 1. The summed E-state index contributed by atoms with van der Waals surface area (Å²) in [6.07, 6.45) is 0.0641. The van der Waals surface area contributed by atoms with Crippen LogP contribution in [-0.2, 0) is 20.8 Å². The number of benzene rings is 2. The number of hydrogen-bond acceptors (Lipinski definition) is 6. The Hall–Kier alpha value is -3.40. The fourth-order valence-corrected chi connectivity index (χ4v) is 3.25. The molecule has 1 aliphatic heterocycles. The van der Waals surface area contributed by atoms with Gasteiger partial charge >= 0.3 is 5.69 Å². The summed E-state index contributed by atoms with van der Waals surface area (Å²) in [6.45, 7) is 2.19. The summed E-state index contributed by atoms with van der Waals surface area (Å²) in [5.74, 6) is -2.99. The van der Waals surface area contributed by atoms with Gasteiger partial charge in [0.25, 0.3) is 5.91 Å². The average molecular weight is 439 g/mol. The molecule has 1 saturated heterocycles. The van der Waals surface area contributed by atoms with Crippen LogP contribution in [0.15, 0.2) is 71.7 Å². The highest BCUT2D eigenvalue weighted by atomic mass is 19.1. The van der Waals surface area contributed by atoms with Crippen LogP contribution in [0.4, 0.5) is 10.2 Å². The molecule has 0 saturated carbocycles. The van der Waals surface area contributed by atoms with Crippen LogP contribution >= 0.6 is 0 Å². The lowest BCUT2D eigenvalue weighted by molar-refractivity contribution is -0.199. The van der Waals surface area contributed by atoms with Crippen LogP contribution < -0.4 is 11.0 Å². The van der Waals surface area contributed by atoms with Gasteiger partial charge in [-0.2, -0.15) is 4.98 Å². The number of anilines is 1. The topological polar surface area (TPSA) is 91.7 Å². The number of ether oxygens (including phenoxy) is 3. The number of nitrogens with one attached hydrogen (secondary N) is 1. The van der Waals surface area contributed by atoms with E-state index in [1.165, 1.54) is 0 Å². The predicted octanol–water partition coefficient (Wildman–Crippen LogP) is 3.11. The second-order valence-electron chi connectivity index (χ2n) is 7.44. The van der Waals surface area contributed by atoms with Gasteiger partial charge in [0.2, 0.25) is 0 Å². The lowest BCUT2D eigenvalue weighted by atomic mass is 10.2. The molecule has 0 spiro atoms. The Balaban J connectivity index is 1.40. The number of rotatable bonds is 7. The van der Waals surface area contributed by atoms with Crippen LogP contribution in [0.1, 0.15) is 29.1 Å². The number of amides is 1. The van der Waals surface area contributed by atoms with Crippen molar-refractivity contribution in [1.82, 2.24) is 9.55 Å². The lowest BCUT2D eigenvalue weighted by Gasteiger charge is -2.23. The van der Waals surface area contributed by atoms with Crippen LogP contribution in [0.5, 0.6) is 0 Å². The molecule has 2 atom stereocenters. The monoisotopic (exact) mass is 439 g/mol. The normalized spacial score (nSPS) is 20.2. The molecule has 2 unspecified atom stereocenters. The van der Waals surface area contributed by atoms with Gasteiger partial charge in [-0.1, -0.05) is 48.5 Å². The van der Waals surface area contributed by atoms with Crippen LogP contribution in [-0.4, -0.2) is 34.5 Å². The third kappa shape index (κ3) is 5.08. The molecule has 1 aromatic heterocycles. The zero-order valence-electron chi connectivity index (χ0n) is 17.4. The minimum absolute atomic E-state index is 0.0158. The molecule has 8 nitrogen and oxygen atoms in total. The maximum absolute atomic E-state index is 14.6. The molecule has 1 fully saturated rings. The van der Waals surface area contributed by atoms with E-state index in [1.807, 2.05) is 30.3 Å². The molecule has 4 rings (SSSR count). The van der Waals surface area contributed by atoms with Gasteiger partial charge in [-0.05, 0) is 24.6 Å². The molecule has 9 heteroatoms. The van der Waals surface area contributed by atoms with Gasteiger partial charge in [0.1, 0.15) is 6.61 Å². The molecule has 1 N–H and O–H groups in total. The summed E-state index contributed by atoms with van der Waals surface area (Å²) in [5.41, 5.74) is 0.538. The van der Waals surface area contributed by atoms with E-state index < -0.39 is 35.2 Å². The highest BCUT2D eigenvalue weighted by molar-refractivity contribution is 6.03. The highest BCUT2D eigenvalue weighted by Gasteiger charge is 2.39. The molecule has 0 radical (unpaired) electrons. The molecule has 0 bridgehead atoms. The van der Waals surface area contributed by atoms with Crippen LogP contribution in [0.2, 0.25) is 0 Å². The Kier molecular flexibility index (Phi) is 6.40. The largest absolute Gasteiger partial charge is 0.371 e. The Morgan fingerprint density at radius 3 is 2.62 bits per heavy atom. The van der Waals surface area contributed by atoms with E-state index >= 15 is 0 Å². The average Bonchev–Trinajstić information content (AvgIpc) is 3.19. The van der Waals surface area contributed by atoms with Crippen LogP contribution in [0.3, 0.4) is 0 Å². The molecule has 2 aromatic carbocycles. The van der Waals surface area contributed by atoms with Crippen molar-refractivity contribution in [2.45, 2.75) is 25.5 Å². The number of nitrogens with zero attached hydrogens (tertiary/aromatic N) is 2. The van der Waals surface area contributed by atoms with E-state index in [0.29, 0.717) is 12.2 Å². The standard InChI is InChI=1S/C23H22FN3O5/c1-23(15-30-13-16-8-4-2-5-9-16)31-14-19(32-23)27-12-18(24)20(26-22(27)29)25-21(28)17-10-6-3-7-11-17/h2-12,19H,13-15H2,1H3,(H,25,26,28,29). The molecule has 3 aromatic rings. The van der Waals surface area contributed by atoms with E-state index in [1.54, 1.807) is 37.3 Å². The summed E-state index contributed by atoms with van der Waals surface area (Å²) >= 11 is 0. The van der Waals surface area contributed by atoms with Gasteiger partial charge in [0.15, 0.2) is 23.7 Å². The van der Waals surface area contributed by atoms with Crippen LogP contribution in [0, 0.1) is 5.82 Å². The molecule has 32 heavy (non-hydrogen) atoms. The summed E-state index contributed by atoms with van der Waals surface area (Å²) in [5, 5.41) is 2.31. The van der Waals surface area contributed by atoms with Gasteiger partial charge in [0, 0.05) is 5.56 Å². The quantitative estimate of drug-likeness (QED) is 0.608. The van der Waals surface area contributed by atoms with Crippen molar-refractivity contribution >= 4 is 11.7 Å². The van der Waals surface area contributed by atoms with Crippen molar-refractivity contribution < 1.29 is 23.4 Å². The number of carbonyl (C=O) groups is 1. The van der Waals surface area contributed by atoms with Crippen molar-refractivity contribution in [2.24, 2.45) is 0 Å². The SMILES string of the molecule is CC1(COCc2ccccc2)OCC(n2cc(F)c(NC(=O)c3ccccc3)nc2=O)O1. The Labute approximate surface area is 183 Å². The van der Waals surface area contributed by atoms with Crippen molar-refractivity contribution in [3.63, 3.8) is 0 Å². The van der Waals surface area contributed by atoms with Crippen molar-refractivity contribution in [3.05, 3.63) is 94.3 Å². The van der Waals surface area contributed by atoms with Gasteiger partial charge in [-0.25, -0.2) is 9.18 Å². The van der Waals surface area contributed by atoms with E-state index in [-0.39, 0.29) is 13.2 Å². The number of halogens is 1. The highest BCUT2D eigenvalue weighted by Crippen LogP contribution is 2.29. The molecular weight excluding hydrogens is 417 g/mol. The minimum atomic E-state index is -1.10. The van der Waals surface area contributed by atoms with E-state index in [0.717, 1.165) is 16.3 Å². The van der Waals surface area contributed by atoms with Crippen molar-refractivity contribution in [3.8, 4) is 0 Å². The number of aromatic nitrogens is 2. The minimum Gasteiger partial charge on any atom is -0.371 e. The van der Waals surface area contributed by atoms with E-state index in [9.17, 15) is 14.0 Å². The molecule has 1 aliphatic rings.